The zero-order chi connectivity index (χ0) is 12.5. The molecule has 0 saturated carbocycles. The second-order valence-corrected chi connectivity index (χ2v) is 4.69. The summed E-state index contributed by atoms with van der Waals surface area (Å²) in [5.74, 6) is 0.0649. The molecule has 0 radical (unpaired) electrons. The van der Waals surface area contributed by atoms with Gasteiger partial charge in [-0.1, -0.05) is 0 Å². The molecule has 1 aromatic rings. The maximum Gasteiger partial charge on any atom is 0.169 e. The van der Waals surface area contributed by atoms with Crippen molar-refractivity contribution >= 4 is 0 Å². The lowest BCUT2D eigenvalue weighted by molar-refractivity contribution is 0.295. The molecule has 1 saturated heterocycles. The summed E-state index contributed by atoms with van der Waals surface area (Å²) in [5, 5.41) is 13.2. The lowest BCUT2D eigenvalue weighted by atomic mass is 9.95. The third-order valence-corrected chi connectivity index (χ3v) is 3.47. The van der Waals surface area contributed by atoms with E-state index in [0.717, 1.165) is 25.9 Å². The number of benzene rings is 1. The SMILES string of the molecule is Oc1c(F)cc2c(c1C1CCNC1)OCCCO2. The zero-order valence-corrected chi connectivity index (χ0v) is 10.0. The van der Waals surface area contributed by atoms with Gasteiger partial charge in [-0.25, -0.2) is 4.39 Å². The van der Waals surface area contributed by atoms with Crippen LogP contribution in [-0.4, -0.2) is 31.4 Å². The smallest absolute Gasteiger partial charge is 0.169 e. The Morgan fingerprint density at radius 3 is 2.94 bits per heavy atom. The monoisotopic (exact) mass is 253 g/mol. The van der Waals surface area contributed by atoms with Crippen LogP contribution in [0.4, 0.5) is 4.39 Å². The second-order valence-electron chi connectivity index (χ2n) is 4.69. The Hall–Kier alpha value is -1.49. The van der Waals surface area contributed by atoms with E-state index in [9.17, 15) is 9.50 Å². The first-order valence-electron chi connectivity index (χ1n) is 6.29. The summed E-state index contributed by atoms with van der Waals surface area (Å²) < 4.78 is 24.9. The van der Waals surface area contributed by atoms with Gasteiger partial charge in [0.15, 0.2) is 23.1 Å². The fourth-order valence-electron chi connectivity index (χ4n) is 2.57. The Kier molecular flexibility index (Phi) is 2.99. The molecule has 0 spiro atoms. The van der Waals surface area contributed by atoms with Crippen molar-refractivity contribution < 1.29 is 19.0 Å². The lowest BCUT2D eigenvalue weighted by Crippen LogP contribution is -2.10. The molecule has 0 aromatic heterocycles. The second kappa shape index (κ2) is 4.65. The highest BCUT2D eigenvalue weighted by Gasteiger charge is 2.29. The number of hydrogen-bond donors (Lipinski definition) is 2. The average molecular weight is 253 g/mol. The summed E-state index contributed by atoms with van der Waals surface area (Å²) in [4.78, 5) is 0. The fraction of sp³-hybridized carbons (Fsp3) is 0.538. The zero-order valence-electron chi connectivity index (χ0n) is 10.0. The molecule has 1 unspecified atom stereocenters. The number of hydrogen-bond acceptors (Lipinski definition) is 4. The van der Waals surface area contributed by atoms with Gasteiger partial charge in [0, 0.05) is 30.5 Å². The predicted octanol–water partition coefficient (Wildman–Crippen LogP) is 1.77. The first kappa shape index (κ1) is 11.6. The van der Waals surface area contributed by atoms with Crippen molar-refractivity contribution in [1.29, 1.82) is 0 Å². The van der Waals surface area contributed by atoms with Gasteiger partial charge in [-0.3, -0.25) is 0 Å². The van der Waals surface area contributed by atoms with Crippen LogP contribution < -0.4 is 14.8 Å². The number of aromatic hydroxyl groups is 1. The fourth-order valence-corrected chi connectivity index (χ4v) is 2.57. The molecular weight excluding hydrogens is 237 g/mol. The van der Waals surface area contributed by atoms with Gasteiger partial charge in [0.25, 0.3) is 0 Å². The summed E-state index contributed by atoms with van der Waals surface area (Å²) in [7, 11) is 0. The van der Waals surface area contributed by atoms with E-state index in [1.54, 1.807) is 0 Å². The van der Waals surface area contributed by atoms with Crippen LogP contribution in [0, 0.1) is 5.82 Å². The van der Waals surface area contributed by atoms with E-state index in [2.05, 4.69) is 5.32 Å². The van der Waals surface area contributed by atoms with Gasteiger partial charge in [-0.15, -0.1) is 0 Å². The minimum atomic E-state index is -0.638. The Labute approximate surface area is 105 Å². The molecule has 4 nitrogen and oxygen atoms in total. The highest BCUT2D eigenvalue weighted by atomic mass is 19.1. The minimum absolute atomic E-state index is 0.0798. The average Bonchev–Trinajstić information content (AvgIpc) is 2.78. The van der Waals surface area contributed by atoms with Gasteiger partial charge < -0.3 is 19.9 Å². The molecule has 0 aliphatic carbocycles. The van der Waals surface area contributed by atoms with E-state index < -0.39 is 5.82 Å². The van der Waals surface area contributed by atoms with Crippen LogP contribution >= 0.6 is 0 Å². The maximum absolute atomic E-state index is 13.7. The van der Waals surface area contributed by atoms with Crippen molar-refractivity contribution in [2.75, 3.05) is 26.3 Å². The Bertz CT molecular complexity index is 458. The van der Waals surface area contributed by atoms with E-state index in [0.29, 0.717) is 30.3 Å². The molecule has 0 amide bonds. The molecule has 18 heavy (non-hydrogen) atoms. The van der Waals surface area contributed by atoms with Gasteiger partial charge in [0.1, 0.15) is 0 Å². The van der Waals surface area contributed by atoms with E-state index >= 15 is 0 Å². The molecule has 1 fully saturated rings. The number of phenolic OH excluding ortho intramolecular Hbond substituents is 1. The summed E-state index contributed by atoms with van der Waals surface area (Å²) in [6.07, 6.45) is 1.63. The van der Waals surface area contributed by atoms with Gasteiger partial charge in [-0.05, 0) is 13.0 Å². The van der Waals surface area contributed by atoms with E-state index in [-0.39, 0.29) is 11.7 Å². The van der Waals surface area contributed by atoms with Gasteiger partial charge in [0.05, 0.1) is 13.2 Å². The largest absolute Gasteiger partial charge is 0.505 e. The van der Waals surface area contributed by atoms with Crippen molar-refractivity contribution in [3.8, 4) is 17.2 Å². The Balaban J connectivity index is 2.11. The third-order valence-electron chi connectivity index (χ3n) is 3.47. The first-order valence-corrected chi connectivity index (χ1v) is 6.29. The number of halogens is 1. The third kappa shape index (κ3) is 1.88. The van der Waals surface area contributed by atoms with Gasteiger partial charge in [0.2, 0.25) is 0 Å². The van der Waals surface area contributed by atoms with Crippen LogP contribution in [0.2, 0.25) is 0 Å². The van der Waals surface area contributed by atoms with Gasteiger partial charge in [-0.2, -0.15) is 0 Å². The van der Waals surface area contributed by atoms with Crippen LogP contribution in [0.5, 0.6) is 17.2 Å². The summed E-state index contributed by atoms with van der Waals surface area (Å²) in [6, 6.07) is 1.21. The normalized spacial score (nSPS) is 22.8. The summed E-state index contributed by atoms with van der Waals surface area (Å²) in [6.45, 7) is 2.65. The summed E-state index contributed by atoms with van der Waals surface area (Å²) >= 11 is 0. The molecule has 2 aliphatic heterocycles. The Morgan fingerprint density at radius 2 is 2.17 bits per heavy atom. The number of nitrogens with one attached hydrogen (secondary N) is 1. The van der Waals surface area contributed by atoms with E-state index in [1.807, 2.05) is 0 Å². The molecule has 0 bridgehead atoms. The molecule has 1 atom stereocenters. The highest BCUT2D eigenvalue weighted by molar-refractivity contribution is 5.56. The predicted molar refractivity (Wildman–Crippen MR) is 63.9 cm³/mol. The van der Waals surface area contributed by atoms with Crippen LogP contribution in [0.1, 0.15) is 24.3 Å². The van der Waals surface area contributed by atoms with Crippen molar-refractivity contribution in [3.63, 3.8) is 0 Å². The van der Waals surface area contributed by atoms with Crippen LogP contribution in [0.15, 0.2) is 6.07 Å². The number of rotatable bonds is 1. The van der Waals surface area contributed by atoms with E-state index in [4.69, 9.17) is 9.47 Å². The molecule has 2 N–H and O–H groups in total. The number of fused-ring (bicyclic) bond motifs is 1. The first-order chi connectivity index (χ1) is 8.77. The molecule has 2 aliphatic rings. The van der Waals surface area contributed by atoms with Crippen molar-refractivity contribution in [2.24, 2.45) is 0 Å². The maximum atomic E-state index is 13.7. The highest BCUT2D eigenvalue weighted by Crippen LogP contribution is 2.45. The van der Waals surface area contributed by atoms with Crippen molar-refractivity contribution in [2.45, 2.75) is 18.8 Å². The van der Waals surface area contributed by atoms with Crippen LogP contribution in [0.3, 0.4) is 0 Å². The molecule has 98 valence electrons. The van der Waals surface area contributed by atoms with Crippen LogP contribution in [0.25, 0.3) is 0 Å². The lowest BCUT2D eigenvalue weighted by Gasteiger charge is -2.18. The van der Waals surface area contributed by atoms with Crippen molar-refractivity contribution in [1.82, 2.24) is 5.32 Å². The number of phenols is 1. The topological polar surface area (TPSA) is 50.7 Å². The standard InChI is InChI=1S/C13H16FNO3/c14-9-6-10-13(18-5-1-4-17-10)11(12(9)16)8-2-3-15-7-8/h6,8,15-16H,1-5,7H2. The molecule has 2 heterocycles. The molecule has 3 rings (SSSR count). The Morgan fingerprint density at radius 1 is 1.33 bits per heavy atom. The quantitative estimate of drug-likeness (QED) is 0.801. The molecule has 1 aromatic carbocycles. The minimum Gasteiger partial charge on any atom is -0.505 e. The van der Waals surface area contributed by atoms with Crippen molar-refractivity contribution in [3.05, 3.63) is 17.4 Å². The van der Waals surface area contributed by atoms with E-state index in [1.165, 1.54) is 6.07 Å². The van der Waals surface area contributed by atoms with Crippen LogP contribution in [-0.2, 0) is 0 Å². The molecule has 5 heteroatoms. The number of ether oxygens (including phenoxy) is 2. The molecular formula is C13H16FNO3. The summed E-state index contributed by atoms with van der Waals surface area (Å²) in [5.41, 5.74) is 0.553. The van der Waals surface area contributed by atoms with Gasteiger partial charge >= 0.3 is 0 Å².